The van der Waals surface area contributed by atoms with Gasteiger partial charge < -0.3 is 4.90 Å². The number of hydrogen-bond acceptors (Lipinski definition) is 5. The third kappa shape index (κ3) is 2.15. The Morgan fingerprint density at radius 1 is 1.45 bits per heavy atom. The molecule has 8 nitrogen and oxygen atoms in total. The first kappa shape index (κ1) is 13.0. The van der Waals surface area contributed by atoms with E-state index >= 15 is 0 Å². The summed E-state index contributed by atoms with van der Waals surface area (Å²) in [4.78, 5) is 27.0. The van der Waals surface area contributed by atoms with Crippen LogP contribution in [0, 0.1) is 10.1 Å². The number of nitro groups is 1. The summed E-state index contributed by atoms with van der Waals surface area (Å²) in [5.74, 6) is -0.330. The van der Waals surface area contributed by atoms with Crippen molar-refractivity contribution in [3.8, 4) is 0 Å². The van der Waals surface area contributed by atoms with Crippen LogP contribution in [0.3, 0.4) is 0 Å². The Labute approximate surface area is 116 Å². The van der Waals surface area contributed by atoms with Crippen molar-refractivity contribution >= 4 is 11.6 Å². The summed E-state index contributed by atoms with van der Waals surface area (Å²) in [5.41, 5.74) is -0.268. The van der Waals surface area contributed by atoms with Crippen molar-refractivity contribution in [1.29, 1.82) is 0 Å². The summed E-state index contributed by atoms with van der Waals surface area (Å²) in [7, 11) is 1.58. The molecule has 2 saturated heterocycles. The highest BCUT2D eigenvalue weighted by Gasteiger charge is 2.36. The number of hydrogen-bond donors (Lipinski definition) is 0. The topological polar surface area (TPSA) is 84.5 Å². The molecule has 0 aliphatic carbocycles. The largest absolute Gasteiger partial charge is 0.334 e. The van der Waals surface area contributed by atoms with Gasteiger partial charge in [0, 0.05) is 32.7 Å². The third-order valence-corrected chi connectivity index (χ3v) is 4.08. The van der Waals surface area contributed by atoms with E-state index in [0.717, 1.165) is 25.9 Å². The molecule has 0 radical (unpaired) electrons. The normalized spacial score (nSPS) is 22.9. The summed E-state index contributed by atoms with van der Waals surface area (Å²) < 4.78 is 1.32. The molecule has 0 unspecified atom stereocenters. The predicted octanol–water partition coefficient (Wildman–Crippen LogP) is 0.248. The lowest BCUT2D eigenvalue weighted by molar-refractivity contribution is -0.385. The Morgan fingerprint density at radius 2 is 2.25 bits per heavy atom. The van der Waals surface area contributed by atoms with E-state index in [1.54, 1.807) is 11.9 Å². The minimum Gasteiger partial charge on any atom is -0.334 e. The molecule has 1 aromatic heterocycles. The van der Waals surface area contributed by atoms with Crippen molar-refractivity contribution in [1.82, 2.24) is 19.6 Å². The van der Waals surface area contributed by atoms with Gasteiger partial charge in [-0.3, -0.25) is 24.5 Å². The van der Waals surface area contributed by atoms with Crippen molar-refractivity contribution in [2.75, 3.05) is 26.2 Å². The number of aromatic nitrogens is 2. The van der Waals surface area contributed by atoms with Gasteiger partial charge in [0.15, 0.2) is 0 Å². The van der Waals surface area contributed by atoms with Crippen LogP contribution in [0.5, 0.6) is 0 Å². The molecule has 8 heteroatoms. The lowest BCUT2D eigenvalue weighted by atomic mass is 10.1. The fraction of sp³-hybridized carbons (Fsp3) is 0.667. The second-order valence-electron chi connectivity index (χ2n) is 5.38. The number of rotatable bonds is 2. The van der Waals surface area contributed by atoms with E-state index in [0.29, 0.717) is 19.1 Å². The van der Waals surface area contributed by atoms with E-state index in [1.807, 2.05) is 0 Å². The van der Waals surface area contributed by atoms with Gasteiger partial charge in [0.2, 0.25) is 5.69 Å². The second-order valence-corrected chi connectivity index (χ2v) is 5.38. The second kappa shape index (κ2) is 4.86. The zero-order valence-corrected chi connectivity index (χ0v) is 11.4. The van der Waals surface area contributed by atoms with Crippen molar-refractivity contribution in [2.45, 2.75) is 18.9 Å². The van der Waals surface area contributed by atoms with E-state index in [4.69, 9.17) is 0 Å². The van der Waals surface area contributed by atoms with Crippen LogP contribution in [0.1, 0.15) is 23.3 Å². The zero-order chi connectivity index (χ0) is 14.3. The van der Waals surface area contributed by atoms with Crippen molar-refractivity contribution in [3.63, 3.8) is 0 Å². The molecule has 0 N–H and O–H groups in total. The minimum absolute atomic E-state index is 0.0519. The highest BCUT2D eigenvalue weighted by atomic mass is 16.6. The lowest BCUT2D eigenvalue weighted by Crippen LogP contribution is -2.52. The van der Waals surface area contributed by atoms with E-state index in [9.17, 15) is 14.9 Å². The van der Waals surface area contributed by atoms with Gasteiger partial charge in [0.1, 0.15) is 6.20 Å². The summed E-state index contributed by atoms with van der Waals surface area (Å²) in [6, 6.07) is 0.399. The Balaban J connectivity index is 1.80. The van der Waals surface area contributed by atoms with Gasteiger partial charge in [-0.1, -0.05) is 0 Å². The minimum atomic E-state index is -0.550. The Hall–Kier alpha value is -1.96. The summed E-state index contributed by atoms with van der Waals surface area (Å²) in [6.45, 7) is 3.20. The average molecular weight is 279 g/mol. The first-order valence-corrected chi connectivity index (χ1v) is 6.77. The molecule has 1 atom stereocenters. The van der Waals surface area contributed by atoms with Crippen molar-refractivity contribution < 1.29 is 9.72 Å². The maximum Gasteiger partial charge on any atom is 0.320 e. The molecule has 1 amide bonds. The standard InChI is InChI=1S/C12H17N5O3/c1-14-8-10(17(19)20)11(13-14)12(18)16-6-5-15-4-2-3-9(15)7-16/h8-9H,2-7H2,1H3/t9-/m1/s1. The monoisotopic (exact) mass is 279 g/mol. The summed E-state index contributed by atoms with van der Waals surface area (Å²) in [6.07, 6.45) is 3.53. The molecule has 3 heterocycles. The summed E-state index contributed by atoms with van der Waals surface area (Å²) >= 11 is 0. The number of nitrogens with zero attached hydrogens (tertiary/aromatic N) is 5. The molecule has 1 aromatic rings. The van der Waals surface area contributed by atoms with Crippen LogP contribution in [0.2, 0.25) is 0 Å². The number of carbonyl (C=O) groups excluding carboxylic acids is 1. The lowest BCUT2D eigenvalue weighted by Gasteiger charge is -2.37. The van der Waals surface area contributed by atoms with Gasteiger partial charge in [0.25, 0.3) is 5.91 Å². The smallest absolute Gasteiger partial charge is 0.320 e. The first-order valence-electron chi connectivity index (χ1n) is 6.77. The highest BCUT2D eigenvalue weighted by molar-refractivity contribution is 5.96. The van der Waals surface area contributed by atoms with Crippen LogP contribution < -0.4 is 0 Å². The van der Waals surface area contributed by atoms with Crippen LogP contribution in [0.15, 0.2) is 6.20 Å². The van der Waals surface area contributed by atoms with Gasteiger partial charge in [0.05, 0.1) is 4.92 Å². The average Bonchev–Trinajstić information content (AvgIpc) is 3.02. The Morgan fingerprint density at radius 3 is 3.00 bits per heavy atom. The molecular formula is C12H17N5O3. The van der Waals surface area contributed by atoms with E-state index in [1.165, 1.54) is 10.9 Å². The molecule has 2 aliphatic rings. The predicted molar refractivity (Wildman–Crippen MR) is 70.4 cm³/mol. The Bertz CT molecular complexity index is 555. The number of piperazine rings is 1. The van der Waals surface area contributed by atoms with E-state index in [2.05, 4.69) is 10.00 Å². The van der Waals surface area contributed by atoms with Crippen LogP contribution >= 0.6 is 0 Å². The molecule has 3 rings (SSSR count). The zero-order valence-electron chi connectivity index (χ0n) is 11.4. The molecule has 0 bridgehead atoms. The molecule has 108 valence electrons. The quantitative estimate of drug-likeness (QED) is 0.572. The number of fused-ring (bicyclic) bond motifs is 1. The maximum absolute atomic E-state index is 12.5. The first-order chi connectivity index (χ1) is 9.56. The van der Waals surface area contributed by atoms with Gasteiger partial charge >= 0.3 is 5.69 Å². The molecular weight excluding hydrogens is 262 g/mol. The highest BCUT2D eigenvalue weighted by Crippen LogP contribution is 2.24. The van der Waals surface area contributed by atoms with Crippen LogP contribution in [-0.2, 0) is 7.05 Å². The molecule has 0 aromatic carbocycles. The molecule has 0 spiro atoms. The van der Waals surface area contributed by atoms with Gasteiger partial charge in [-0.05, 0) is 19.4 Å². The van der Waals surface area contributed by atoms with E-state index in [-0.39, 0.29) is 17.3 Å². The fourth-order valence-corrected chi connectivity index (χ4v) is 3.09. The molecule has 20 heavy (non-hydrogen) atoms. The third-order valence-electron chi connectivity index (χ3n) is 4.08. The van der Waals surface area contributed by atoms with E-state index < -0.39 is 4.92 Å². The molecule has 2 fully saturated rings. The van der Waals surface area contributed by atoms with Crippen LogP contribution in [-0.4, -0.2) is 62.6 Å². The number of carbonyl (C=O) groups is 1. The van der Waals surface area contributed by atoms with Crippen molar-refractivity contribution in [3.05, 3.63) is 22.0 Å². The number of amides is 1. The molecule has 0 saturated carbocycles. The van der Waals surface area contributed by atoms with Crippen LogP contribution in [0.4, 0.5) is 5.69 Å². The Kier molecular flexibility index (Phi) is 3.17. The van der Waals surface area contributed by atoms with Crippen LogP contribution in [0.25, 0.3) is 0 Å². The van der Waals surface area contributed by atoms with Crippen molar-refractivity contribution in [2.24, 2.45) is 7.05 Å². The summed E-state index contributed by atoms with van der Waals surface area (Å²) in [5, 5.41) is 14.9. The maximum atomic E-state index is 12.5. The number of aryl methyl sites for hydroxylation is 1. The molecule has 2 aliphatic heterocycles. The van der Waals surface area contributed by atoms with Gasteiger partial charge in [-0.2, -0.15) is 5.10 Å². The van der Waals surface area contributed by atoms with Gasteiger partial charge in [-0.15, -0.1) is 0 Å². The SMILES string of the molecule is Cn1cc([N+](=O)[O-])c(C(=O)N2CCN3CCC[C@@H]3C2)n1. The van der Waals surface area contributed by atoms with Gasteiger partial charge in [-0.25, -0.2) is 0 Å². The fourth-order valence-electron chi connectivity index (χ4n) is 3.09.